The van der Waals surface area contributed by atoms with Crippen LogP contribution >= 0.6 is 0 Å². The molecule has 0 radical (unpaired) electrons. The molecule has 124 valence electrons. The molecule has 0 atom stereocenters. The Labute approximate surface area is 144 Å². The third-order valence-electron chi connectivity index (χ3n) is 3.79. The minimum atomic E-state index is 0.412. The quantitative estimate of drug-likeness (QED) is 0.561. The lowest BCUT2D eigenvalue weighted by Gasteiger charge is -2.08. The first kappa shape index (κ1) is 15.3. The van der Waals surface area contributed by atoms with Gasteiger partial charge in [-0.1, -0.05) is 17.3 Å². The van der Waals surface area contributed by atoms with E-state index in [9.17, 15) is 0 Å². The van der Waals surface area contributed by atoms with Gasteiger partial charge in [-0.2, -0.15) is 4.98 Å². The number of nitrogens with zero attached hydrogens (tertiary/aromatic N) is 4. The molecule has 0 aliphatic rings. The van der Waals surface area contributed by atoms with Crippen molar-refractivity contribution in [2.24, 2.45) is 0 Å². The van der Waals surface area contributed by atoms with Gasteiger partial charge in [0.15, 0.2) is 0 Å². The molecule has 0 N–H and O–H groups in total. The normalized spacial score (nSPS) is 11.0. The van der Waals surface area contributed by atoms with Crippen molar-refractivity contribution in [3.8, 4) is 28.7 Å². The fourth-order valence-electron chi connectivity index (χ4n) is 2.61. The zero-order valence-electron chi connectivity index (χ0n) is 13.9. The van der Waals surface area contributed by atoms with Crippen LogP contribution < -0.4 is 4.74 Å². The van der Waals surface area contributed by atoms with Crippen LogP contribution in [0.5, 0.6) is 5.88 Å². The maximum atomic E-state index is 5.71. The second-order valence-corrected chi connectivity index (χ2v) is 5.64. The van der Waals surface area contributed by atoms with Crippen molar-refractivity contribution in [3.05, 3.63) is 54.4 Å². The largest absolute Gasteiger partial charge is 0.477 e. The summed E-state index contributed by atoms with van der Waals surface area (Å²) in [5.41, 5.74) is 3.50. The van der Waals surface area contributed by atoms with Gasteiger partial charge in [0.25, 0.3) is 5.89 Å². The fraction of sp³-hybridized carbons (Fsp3) is 0.158. The lowest BCUT2D eigenvalue weighted by atomic mass is 10.1. The molecule has 4 rings (SSSR count). The van der Waals surface area contributed by atoms with Crippen LogP contribution in [0.1, 0.15) is 12.5 Å². The predicted octanol–water partition coefficient (Wildman–Crippen LogP) is 4.05. The molecule has 25 heavy (non-hydrogen) atoms. The summed E-state index contributed by atoms with van der Waals surface area (Å²) in [6.07, 6.45) is 3.38. The molecule has 0 aliphatic carbocycles. The van der Waals surface area contributed by atoms with E-state index in [-0.39, 0.29) is 0 Å². The second kappa shape index (κ2) is 6.32. The van der Waals surface area contributed by atoms with E-state index in [1.807, 2.05) is 50.2 Å². The van der Waals surface area contributed by atoms with Crippen molar-refractivity contribution in [2.45, 2.75) is 13.8 Å². The highest BCUT2D eigenvalue weighted by atomic mass is 16.5. The summed E-state index contributed by atoms with van der Waals surface area (Å²) < 4.78 is 11.1. The summed E-state index contributed by atoms with van der Waals surface area (Å²) in [7, 11) is 0. The van der Waals surface area contributed by atoms with Crippen molar-refractivity contribution in [1.82, 2.24) is 20.1 Å². The van der Waals surface area contributed by atoms with Crippen LogP contribution in [0.3, 0.4) is 0 Å². The average molecular weight is 332 g/mol. The van der Waals surface area contributed by atoms with Crippen LogP contribution in [0, 0.1) is 6.92 Å². The molecule has 0 saturated heterocycles. The standard InChI is InChI=1S/C19H16N4O2/c1-3-24-19-15(10-13-7-6-12(2)9-16(13)21-19)17-22-18(25-23-17)14-5-4-8-20-11-14/h4-11H,3H2,1-2H3. The Morgan fingerprint density at radius 2 is 2.04 bits per heavy atom. The van der Waals surface area contributed by atoms with E-state index < -0.39 is 0 Å². The van der Waals surface area contributed by atoms with E-state index in [0.717, 1.165) is 22.0 Å². The number of aryl methyl sites for hydroxylation is 1. The van der Waals surface area contributed by atoms with E-state index in [2.05, 4.69) is 20.1 Å². The van der Waals surface area contributed by atoms with E-state index in [4.69, 9.17) is 9.26 Å². The Bertz CT molecular complexity index is 1030. The SMILES string of the molecule is CCOc1nc2cc(C)ccc2cc1-c1noc(-c2cccnc2)n1. The van der Waals surface area contributed by atoms with Crippen molar-refractivity contribution < 1.29 is 9.26 Å². The molecule has 1 aromatic carbocycles. The molecule has 3 heterocycles. The molecular weight excluding hydrogens is 316 g/mol. The fourth-order valence-corrected chi connectivity index (χ4v) is 2.61. The molecule has 0 aliphatic heterocycles. The molecule has 4 aromatic rings. The van der Waals surface area contributed by atoms with Gasteiger partial charge in [0.1, 0.15) is 0 Å². The molecular formula is C19H16N4O2. The van der Waals surface area contributed by atoms with E-state index in [1.165, 1.54) is 0 Å². The first-order chi connectivity index (χ1) is 12.2. The third kappa shape index (κ3) is 2.94. The molecule has 3 aromatic heterocycles. The molecule has 0 unspecified atom stereocenters. The average Bonchev–Trinajstić information content (AvgIpc) is 3.12. The maximum absolute atomic E-state index is 5.71. The minimum absolute atomic E-state index is 0.412. The van der Waals surface area contributed by atoms with Gasteiger partial charge in [-0.05, 0) is 43.7 Å². The Morgan fingerprint density at radius 1 is 1.12 bits per heavy atom. The van der Waals surface area contributed by atoms with Crippen molar-refractivity contribution in [3.63, 3.8) is 0 Å². The molecule has 0 spiro atoms. The third-order valence-corrected chi connectivity index (χ3v) is 3.79. The summed E-state index contributed by atoms with van der Waals surface area (Å²) in [5, 5.41) is 5.09. The van der Waals surface area contributed by atoms with Gasteiger partial charge in [0.2, 0.25) is 11.7 Å². The summed E-state index contributed by atoms with van der Waals surface area (Å²) >= 11 is 0. The Balaban J connectivity index is 1.84. The first-order valence-electron chi connectivity index (χ1n) is 8.03. The molecule has 0 fully saturated rings. The molecule has 6 nitrogen and oxygen atoms in total. The Hall–Kier alpha value is -3.28. The molecule has 0 amide bonds. The number of hydrogen-bond acceptors (Lipinski definition) is 6. The first-order valence-corrected chi connectivity index (χ1v) is 8.03. The summed E-state index contributed by atoms with van der Waals surface area (Å²) in [6, 6.07) is 11.8. The lowest BCUT2D eigenvalue weighted by Crippen LogP contribution is -1.98. The number of hydrogen-bond donors (Lipinski definition) is 0. The Kier molecular flexibility index (Phi) is 3.85. The van der Waals surface area contributed by atoms with Crippen LogP contribution in [0.2, 0.25) is 0 Å². The molecule has 0 saturated carbocycles. The van der Waals surface area contributed by atoms with Gasteiger partial charge in [-0.15, -0.1) is 0 Å². The van der Waals surface area contributed by atoms with Crippen LogP contribution in [-0.4, -0.2) is 26.7 Å². The summed E-state index contributed by atoms with van der Waals surface area (Å²) in [4.78, 5) is 13.2. The monoisotopic (exact) mass is 332 g/mol. The highest BCUT2D eigenvalue weighted by molar-refractivity contribution is 5.85. The van der Waals surface area contributed by atoms with Crippen molar-refractivity contribution in [1.29, 1.82) is 0 Å². The number of aromatic nitrogens is 4. The van der Waals surface area contributed by atoms with Gasteiger partial charge < -0.3 is 9.26 Å². The number of rotatable bonds is 4. The molecule has 6 heteroatoms. The van der Waals surface area contributed by atoms with Crippen LogP contribution in [-0.2, 0) is 0 Å². The van der Waals surface area contributed by atoms with Gasteiger partial charge in [0.05, 0.1) is 23.3 Å². The molecule has 0 bridgehead atoms. The van der Waals surface area contributed by atoms with Crippen LogP contribution in [0.25, 0.3) is 33.7 Å². The smallest absolute Gasteiger partial charge is 0.259 e. The zero-order chi connectivity index (χ0) is 17.2. The second-order valence-electron chi connectivity index (χ2n) is 5.64. The Morgan fingerprint density at radius 3 is 2.84 bits per heavy atom. The van der Waals surface area contributed by atoms with Gasteiger partial charge in [-0.25, -0.2) is 4.98 Å². The van der Waals surface area contributed by atoms with Gasteiger partial charge in [-0.3, -0.25) is 4.98 Å². The lowest BCUT2D eigenvalue weighted by molar-refractivity contribution is 0.329. The number of pyridine rings is 2. The van der Waals surface area contributed by atoms with E-state index in [1.54, 1.807) is 12.4 Å². The van der Waals surface area contributed by atoms with Crippen molar-refractivity contribution in [2.75, 3.05) is 6.61 Å². The van der Waals surface area contributed by atoms with Crippen LogP contribution in [0.15, 0.2) is 53.3 Å². The highest BCUT2D eigenvalue weighted by Crippen LogP contribution is 2.31. The van der Waals surface area contributed by atoms with E-state index >= 15 is 0 Å². The zero-order valence-corrected chi connectivity index (χ0v) is 13.9. The maximum Gasteiger partial charge on any atom is 0.259 e. The number of ether oxygens (including phenoxy) is 1. The summed E-state index contributed by atoms with van der Waals surface area (Å²) in [5.74, 6) is 1.35. The summed E-state index contributed by atoms with van der Waals surface area (Å²) in [6.45, 7) is 4.46. The number of fused-ring (bicyclic) bond motifs is 1. The number of benzene rings is 1. The van der Waals surface area contributed by atoms with Crippen LogP contribution in [0.4, 0.5) is 0 Å². The topological polar surface area (TPSA) is 73.9 Å². The van der Waals surface area contributed by atoms with Gasteiger partial charge >= 0.3 is 0 Å². The van der Waals surface area contributed by atoms with Crippen molar-refractivity contribution >= 4 is 10.9 Å². The highest BCUT2D eigenvalue weighted by Gasteiger charge is 2.17. The predicted molar refractivity (Wildman–Crippen MR) is 94.2 cm³/mol. The van der Waals surface area contributed by atoms with Gasteiger partial charge in [0, 0.05) is 17.8 Å². The minimum Gasteiger partial charge on any atom is -0.477 e. The van der Waals surface area contributed by atoms with E-state index in [0.29, 0.717) is 29.8 Å².